The second kappa shape index (κ2) is 4.55. The molecule has 1 heterocycles. The summed E-state index contributed by atoms with van der Waals surface area (Å²) in [5.41, 5.74) is 1.10. The number of hydrogen-bond donors (Lipinski definition) is 1. The SMILES string of the molecule is OC(CF)c1ccc(-c2ccccc2)s1. The zero-order valence-corrected chi connectivity index (χ0v) is 8.88. The highest BCUT2D eigenvalue weighted by Gasteiger charge is 2.10. The third-order valence-electron chi connectivity index (χ3n) is 2.16. The van der Waals surface area contributed by atoms with Gasteiger partial charge in [0, 0.05) is 9.75 Å². The molecule has 1 nitrogen and oxygen atoms in total. The molecule has 1 N–H and O–H groups in total. The molecule has 0 radical (unpaired) electrons. The Balaban J connectivity index is 2.28. The van der Waals surface area contributed by atoms with Gasteiger partial charge in [-0.25, -0.2) is 4.39 Å². The second-order valence-electron chi connectivity index (χ2n) is 3.24. The van der Waals surface area contributed by atoms with E-state index in [0.29, 0.717) is 4.88 Å². The monoisotopic (exact) mass is 222 g/mol. The van der Waals surface area contributed by atoms with Crippen LogP contribution in [0.5, 0.6) is 0 Å². The lowest BCUT2D eigenvalue weighted by molar-refractivity contribution is 0.145. The zero-order chi connectivity index (χ0) is 10.7. The fraction of sp³-hybridized carbons (Fsp3) is 0.167. The van der Waals surface area contributed by atoms with Crippen molar-refractivity contribution in [1.82, 2.24) is 0 Å². The summed E-state index contributed by atoms with van der Waals surface area (Å²) in [7, 11) is 0. The van der Waals surface area contributed by atoms with E-state index in [1.165, 1.54) is 11.3 Å². The largest absolute Gasteiger partial charge is 0.385 e. The van der Waals surface area contributed by atoms with Gasteiger partial charge in [0.25, 0.3) is 0 Å². The summed E-state index contributed by atoms with van der Waals surface area (Å²) in [5.74, 6) is 0. The Kier molecular flexibility index (Phi) is 3.14. The molecule has 3 heteroatoms. The summed E-state index contributed by atoms with van der Waals surface area (Å²) >= 11 is 1.43. The summed E-state index contributed by atoms with van der Waals surface area (Å²) in [6, 6.07) is 13.6. The number of rotatable bonds is 3. The van der Waals surface area contributed by atoms with E-state index in [1.807, 2.05) is 36.4 Å². The molecule has 1 aromatic carbocycles. The zero-order valence-electron chi connectivity index (χ0n) is 8.06. The average molecular weight is 222 g/mol. The van der Waals surface area contributed by atoms with Crippen LogP contribution in [0.4, 0.5) is 4.39 Å². The van der Waals surface area contributed by atoms with Crippen LogP contribution in [-0.2, 0) is 0 Å². The number of halogens is 1. The molecule has 0 bridgehead atoms. The minimum atomic E-state index is -0.979. The Hall–Kier alpha value is -1.19. The van der Waals surface area contributed by atoms with E-state index in [-0.39, 0.29) is 0 Å². The Morgan fingerprint density at radius 1 is 1.13 bits per heavy atom. The van der Waals surface area contributed by atoms with Crippen molar-refractivity contribution in [1.29, 1.82) is 0 Å². The van der Waals surface area contributed by atoms with Crippen molar-refractivity contribution < 1.29 is 9.50 Å². The van der Waals surface area contributed by atoms with Crippen molar-refractivity contribution >= 4 is 11.3 Å². The lowest BCUT2D eigenvalue weighted by atomic mass is 10.2. The van der Waals surface area contributed by atoms with Gasteiger partial charge in [-0.3, -0.25) is 0 Å². The van der Waals surface area contributed by atoms with Gasteiger partial charge in [0.1, 0.15) is 12.8 Å². The van der Waals surface area contributed by atoms with E-state index in [1.54, 1.807) is 6.07 Å². The van der Waals surface area contributed by atoms with E-state index in [4.69, 9.17) is 0 Å². The van der Waals surface area contributed by atoms with Gasteiger partial charge in [-0.15, -0.1) is 11.3 Å². The molecular weight excluding hydrogens is 211 g/mol. The van der Waals surface area contributed by atoms with E-state index >= 15 is 0 Å². The van der Waals surface area contributed by atoms with Gasteiger partial charge in [-0.1, -0.05) is 30.3 Å². The quantitative estimate of drug-likeness (QED) is 0.843. The van der Waals surface area contributed by atoms with E-state index in [0.717, 1.165) is 10.4 Å². The molecule has 0 spiro atoms. The molecule has 0 aliphatic carbocycles. The lowest BCUT2D eigenvalue weighted by Gasteiger charge is -2.00. The van der Waals surface area contributed by atoms with Crippen LogP contribution in [0.3, 0.4) is 0 Å². The summed E-state index contributed by atoms with van der Waals surface area (Å²) in [5, 5.41) is 9.32. The summed E-state index contributed by atoms with van der Waals surface area (Å²) < 4.78 is 12.2. The molecule has 1 unspecified atom stereocenters. The fourth-order valence-corrected chi connectivity index (χ4v) is 2.34. The normalized spacial score (nSPS) is 12.7. The van der Waals surface area contributed by atoms with Crippen LogP contribution in [0.25, 0.3) is 10.4 Å². The molecule has 0 saturated heterocycles. The maximum Gasteiger partial charge on any atom is 0.120 e. The van der Waals surface area contributed by atoms with Crippen LogP contribution in [0.15, 0.2) is 42.5 Å². The molecule has 2 rings (SSSR count). The maximum atomic E-state index is 12.2. The van der Waals surface area contributed by atoms with Gasteiger partial charge in [0.15, 0.2) is 0 Å². The highest BCUT2D eigenvalue weighted by Crippen LogP contribution is 2.31. The predicted octanol–water partition coefficient (Wildman–Crippen LogP) is 3.42. The first-order chi connectivity index (χ1) is 7.31. The van der Waals surface area contributed by atoms with Gasteiger partial charge < -0.3 is 5.11 Å². The Morgan fingerprint density at radius 3 is 2.53 bits per heavy atom. The minimum absolute atomic E-state index is 0.677. The van der Waals surface area contributed by atoms with Crippen LogP contribution in [-0.4, -0.2) is 11.8 Å². The third-order valence-corrected chi connectivity index (χ3v) is 3.40. The lowest BCUT2D eigenvalue weighted by Crippen LogP contribution is -1.94. The third kappa shape index (κ3) is 2.25. The van der Waals surface area contributed by atoms with Gasteiger partial charge in [0.05, 0.1) is 0 Å². The molecule has 1 aromatic heterocycles. The Morgan fingerprint density at radius 2 is 1.87 bits per heavy atom. The molecule has 0 fully saturated rings. The second-order valence-corrected chi connectivity index (χ2v) is 4.35. The van der Waals surface area contributed by atoms with Crippen LogP contribution >= 0.6 is 11.3 Å². The number of aliphatic hydroxyl groups excluding tert-OH is 1. The van der Waals surface area contributed by atoms with Crippen LogP contribution < -0.4 is 0 Å². The average Bonchev–Trinajstić information content (AvgIpc) is 2.78. The predicted molar refractivity (Wildman–Crippen MR) is 60.7 cm³/mol. The van der Waals surface area contributed by atoms with Crippen molar-refractivity contribution in [3.05, 3.63) is 47.3 Å². The first-order valence-corrected chi connectivity index (χ1v) is 5.52. The molecule has 0 saturated carbocycles. The highest BCUT2D eigenvalue weighted by molar-refractivity contribution is 7.15. The van der Waals surface area contributed by atoms with Gasteiger partial charge in [0.2, 0.25) is 0 Å². The number of alkyl halides is 1. The van der Waals surface area contributed by atoms with Crippen molar-refractivity contribution in [2.75, 3.05) is 6.67 Å². The molecule has 0 aliphatic rings. The standard InChI is InChI=1S/C12H11FOS/c13-8-10(14)12-7-6-11(15-12)9-4-2-1-3-5-9/h1-7,10,14H,8H2. The molecule has 2 aromatic rings. The van der Waals surface area contributed by atoms with Crippen molar-refractivity contribution in [3.8, 4) is 10.4 Å². The Labute approximate surface area is 91.8 Å². The smallest absolute Gasteiger partial charge is 0.120 e. The topological polar surface area (TPSA) is 20.2 Å². The highest BCUT2D eigenvalue weighted by atomic mass is 32.1. The van der Waals surface area contributed by atoms with Crippen molar-refractivity contribution in [3.63, 3.8) is 0 Å². The maximum absolute atomic E-state index is 12.2. The molecule has 78 valence electrons. The Bertz CT molecular complexity index is 424. The van der Waals surface area contributed by atoms with Gasteiger partial charge in [-0.2, -0.15) is 0 Å². The van der Waals surface area contributed by atoms with Gasteiger partial charge >= 0.3 is 0 Å². The first-order valence-electron chi connectivity index (χ1n) is 4.70. The molecule has 0 aliphatic heterocycles. The number of aliphatic hydroxyl groups is 1. The van der Waals surface area contributed by atoms with Crippen molar-refractivity contribution in [2.24, 2.45) is 0 Å². The summed E-state index contributed by atoms with van der Waals surface area (Å²) in [4.78, 5) is 1.73. The van der Waals surface area contributed by atoms with Crippen LogP contribution in [0.2, 0.25) is 0 Å². The summed E-state index contributed by atoms with van der Waals surface area (Å²) in [6.45, 7) is -0.727. The molecule has 0 amide bonds. The first kappa shape index (κ1) is 10.3. The van der Waals surface area contributed by atoms with E-state index in [9.17, 15) is 9.50 Å². The van der Waals surface area contributed by atoms with Crippen LogP contribution in [0.1, 0.15) is 11.0 Å². The molecule has 1 atom stereocenters. The number of hydrogen-bond acceptors (Lipinski definition) is 2. The number of thiophene rings is 1. The van der Waals surface area contributed by atoms with E-state index < -0.39 is 12.8 Å². The minimum Gasteiger partial charge on any atom is -0.385 e. The van der Waals surface area contributed by atoms with Gasteiger partial charge in [-0.05, 0) is 17.7 Å². The van der Waals surface area contributed by atoms with E-state index in [2.05, 4.69) is 0 Å². The fourth-order valence-electron chi connectivity index (χ4n) is 1.37. The van der Waals surface area contributed by atoms with Crippen molar-refractivity contribution in [2.45, 2.75) is 6.10 Å². The van der Waals surface area contributed by atoms with Crippen LogP contribution in [0, 0.1) is 0 Å². The molecule has 15 heavy (non-hydrogen) atoms. The number of benzene rings is 1. The summed E-state index contributed by atoms with van der Waals surface area (Å²) in [6.07, 6.45) is -0.979. The molecular formula is C12H11FOS.